The molecule has 0 atom stereocenters. The highest BCUT2D eigenvalue weighted by molar-refractivity contribution is 7.89. The summed E-state index contributed by atoms with van der Waals surface area (Å²) in [5, 5.41) is 0. The average molecular weight is 408 g/mol. The van der Waals surface area contributed by atoms with Gasteiger partial charge in [0.15, 0.2) is 11.5 Å². The molecule has 0 spiro atoms. The van der Waals surface area contributed by atoms with Gasteiger partial charge >= 0.3 is 0 Å². The maximum Gasteiger partial charge on any atom is 0.257 e. The SMILES string of the molecule is COc1cccc(C(=O)N2CCN(S(=O)(=O)c3ccc(F)cc3)CC2)c1OC. The third kappa shape index (κ3) is 3.81. The summed E-state index contributed by atoms with van der Waals surface area (Å²) in [4.78, 5) is 14.5. The highest BCUT2D eigenvalue weighted by Gasteiger charge is 2.31. The molecule has 0 radical (unpaired) electrons. The van der Waals surface area contributed by atoms with Gasteiger partial charge in [-0.25, -0.2) is 12.8 Å². The summed E-state index contributed by atoms with van der Waals surface area (Å²) in [5.74, 6) is 0.0402. The van der Waals surface area contributed by atoms with Gasteiger partial charge in [0.1, 0.15) is 5.82 Å². The molecule has 0 aliphatic carbocycles. The number of amides is 1. The number of nitrogens with zero attached hydrogens (tertiary/aromatic N) is 2. The zero-order valence-electron chi connectivity index (χ0n) is 15.6. The molecule has 2 aromatic rings. The number of piperazine rings is 1. The maximum absolute atomic E-state index is 13.1. The molecule has 1 saturated heterocycles. The lowest BCUT2D eigenvalue weighted by Crippen LogP contribution is -2.50. The summed E-state index contributed by atoms with van der Waals surface area (Å²) in [6, 6.07) is 9.74. The second kappa shape index (κ2) is 8.15. The van der Waals surface area contributed by atoms with Crippen LogP contribution in [0.25, 0.3) is 0 Å². The topological polar surface area (TPSA) is 76.2 Å². The van der Waals surface area contributed by atoms with Crippen LogP contribution in [0.4, 0.5) is 4.39 Å². The lowest BCUT2D eigenvalue weighted by atomic mass is 10.1. The van der Waals surface area contributed by atoms with Gasteiger partial charge in [0.25, 0.3) is 5.91 Å². The molecule has 0 aromatic heterocycles. The van der Waals surface area contributed by atoms with E-state index in [-0.39, 0.29) is 37.0 Å². The Morgan fingerprint density at radius 2 is 1.61 bits per heavy atom. The van der Waals surface area contributed by atoms with E-state index in [1.165, 1.54) is 30.7 Å². The number of halogens is 1. The monoisotopic (exact) mass is 408 g/mol. The fraction of sp³-hybridized carbons (Fsp3) is 0.316. The summed E-state index contributed by atoms with van der Waals surface area (Å²) in [5.41, 5.74) is 0.358. The Hall–Kier alpha value is -2.65. The molecule has 1 aliphatic rings. The van der Waals surface area contributed by atoms with Crippen molar-refractivity contribution in [1.29, 1.82) is 0 Å². The minimum Gasteiger partial charge on any atom is -0.493 e. The predicted octanol–water partition coefficient (Wildman–Crippen LogP) is 1.99. The highest BCUT2D eigenvalue weighted by Crippen LogP contribution is 2.31. The summed E-state index contributed by atoms with van der Waals surface area (Å²) in [6.45, 7) is 0.773. The van der Waals surface area contributed by atoms with Gasteiger partial charge in [0, 0.05) is 26.2 Å². The lowest BCUT2D eigenvalue weighted by molar-refractivity contribution is 0.0694. The van der Waals surface area contributed by atoms with Crippen molar-refractivity contribution in [3.05, 3.63) is 53.8 Å². The van der Waals surface area contributed by atoms with Crippen LogP contribution < -0.4 is 9.47 Å². The van der Waals surface area contributed by atoms with Crippen LogP contribution in [0.3, 0.4) is 0 Å². The second-order valence-electron chi connectivity index (χ2n) is 6.19. The van der Waals surface area contributed by atoms with E-state index >= 15 is 0 Å². The highest BCUT2D eigenvalue weighted by atomic mass is 32.2. The van der Waals surface area contributed by atoms with Gasteiger partial charge in [0.2, 0.25) is 10.0 Å². The maximum atomic E-state index is 13.1. The van der Waals surface area contributed by atoms with Crippen molar-refractivity contribution in [3.8, 4) is 11.5 Å². The van der Waals surface area contributed by atoms with E-state index < -0.39 is 15.8 Å². The Labute approximate surface area is 163 Å². The van der Waals surface area contributed by atoms with E-state index in [4.69, 9.17) is 9.47 Å². The van der Waals surface area contributed by atoms with Gasteiger partial charge in [-0.1, -0.05) is 6.07 Å². The zero-order valence-corrected chi connectivity index (χ0v) is 16.4. The number of para-hydroxylation sites is 1. The molecule has 150 valence electrons. The van der Waals surface area contributed by atoms with E-state index in [1.54, 1.807) is 23.1 Å². The van der Waals surface area contributed by atoms with Gasteiger partial charge in [-0.2, -0.15) is 4.31 Å². The molecular weight excluding hydrogens is 387 g/mol. The number of carbonyl (C=O) groups is 1. The summed E-state index contributed by atoms with van der Waals surface area (Å²) in [7, 11) is -0.781. The number of hydrogen-bond donors (Lipinski definition) is 0. The minimum atomic E-state index is -3.73. The van der Waals surface area contributed by atoms with Crippen molar-refractivity contribution in [2.75, 3.05) is 40.4 Å². The van der Waals surface area contributed by atoms with Crippen molar-refractivity contribution >= 4 is 15.9 Å². The molecular formula is C19H21FN2O5S. The molecule has 1 heterocycles. The van der Waals surface area contributed by atoms with Crippen molar-refractivity contribution < 1.29 is 27.1 Å². The largest absolute Gasteiger partial charge is 0.493 e. The first-order valence-corrected chi connectivity index (χ1v) is 10.1. The number of rotatable bonds is 5. The van der Waals surface area contributed by atoms with Crippen LogP contribution in [0.2, 0.25) is 0 Å². The molecule has 2 aromatic carbocycles. The van der Waals surface area contributed by atoms with Crippen LogP contribution >= 0.6 is 0 Å². The molecule has 1 aliphatic heterocycles. The van der Waals surface area contributed by atoms with Crippen molar-refractivity contribution in [3.63, 3.8) is 0 Å². The number of methoxy groups -OCH3 is 2. The number of sulfonamides is 1. The second-order valence-corrected chi connectivity index (χ2v) is 8.13. The zero-order chi connectivity index (χ0) is 20.3. The minimum absolute atomic E-state index is 0.0307. The summed E-state index contributed by atoms with van der Waals surface area (Å²) < 4.78 is 50.3. The van der Waals surface area contributed by atoms with Crippen LogP contribution in [0.5, 0.6) is 11.5 Å². The number of carbonyl (C=O) groups excluding carboxylic acids is 1. The van der Waals surface area contributed by atoms with Crippen LogP contribution in [-0.2, 0) is 10.0 Å². The Bertz CT molecular complexity index is 955. The normalized spacial score (nSPS) is 15.3. The Morgan fingerprint density at radius 1 is 0.964 bits per heavy atom. The van der Waals surface area contributed by atoms with Gasteiger partial charge in [-0.15, -0.1) is 0 Å². The molecule has 0 saturated carbocycles. The number of hydrogen-bond acceptors (Lipinski definition) is 5. The molecule has 1 amide bonds. The van der Waals surface area contributed by atoms with Gasteiger partial charge in [-0.05, 0) is 36.4 Å². The number of ether oxygens (including phenoxy) is 2. The molecule has 7 nitrogen and oxygen atoms in total. The van der Waals surface area contributed by atoms with Crippen molar-refractivity contribution in [2.45, 2.75) is 4.90 Å². The third-order valence-corrected chi connectivity index (χ3v) is 6.52. The van der Waals surface area contributed by atoms with Gasteiger partial charge < -0.3 is 14.4 Å². The van der Waals surface area contributed by atoms with Crippen LogP contribution in [0, 0.1) is 5.82 Å². The van der Waals surface area contributed by atoms with Crippen molar-refractivity contribution in [2.24, 2.45) is 0 Å². The first-order valence-electron chi connectivity index (χ1n) is 8.64. The van der Waals surface area contributed by atoms with E-state index in [0.717, 1.165) is 12.1 Å². The van der Waals surface area contributed by atoms with E-state index in [0.29, 0.717) is 17.1 Å². The molecule has 1 fully saturated rings. The predicted molar refractivity (Wildman–Crippen MR) is 101 cm³/mol. The summed E-state index contributed by atoms with van der Waals surface area (Å²) >= 11 is 0. The van der Waals surface area contributed by atoms with Crippen LogP contribution in [0.1, 0.15) is 10.4 Å². The first-order chi connectivity index (χ1) is 13.4. The quantitative estimate of drug-likeness (QED) is 0.756. The molecule has 9 heteroatoms. The molecule has 3 rings (SSSR count). The van der Waals surface area contributed by atoms with Gasteiger partial charge in [0.05, 0.1) is 24.7 Å². The first kappa shape index (κ1) is 20.1. The third-order valence-electron chi connectivity index (χ3n) is 4.61. The summed E-state index contributed by atoms with van der Waals surface area (Å²) in [6.07, 6.45) is 0. The molecule has 28 heavy (non-hydrogen) atoms. The van der Waals surface area contributed by atoms with Crippen molar-refractivity contribution in [1.82, 2.24) is 9.21 Å². The van der Waals surface area contributed by atoms with Gasteiger partial charge in [-0.3, -0.25) is 4.79 Å². The molecule has 0 N–H and O–H groups in total. The Morgan fingerprint density at radius 3 is 2.18 bits per heavy atom. The molecule has 0 unspecified atom stereocenters. The fourth-order valence-electron chi connectivity index (χ4n) is 3.11. The number of benzene rings is 2. The fourth-order valence-corrected chi connectivity index (χ4v) is 4.54. The average Bonchev–Trinajstić information content (AvgIpc) is 2.73. The van der Waals surface area contributed by atoms with Crippen LogP contribution in [-0.4, -0.2) is 63.9 Å². The van der Waals surface area contributed by atoms with E-state index in [1.807, 2.05) is 0 Å². The standard InChI is InChI=1S/C19H21FN2O5S/c1-26-17-5-3-4-16(18(17)27-2)19(23)21-10-12-22(13-11-21)28(24,25)15-8-6-14(20)7-9-15/h3-9H,10-13H2,1-2H3. The van der Waals surface area contributed by atoms with E-state index in [9.17, 15) is 17.6 Å². The lowest BCUT2D eigenvalue weighted by Gasteiger charge is -2.34. The molecule has 0 bridgehead atoms. The smallest absolute Gasteiger partial charge is 0.257 e. The van der Waals surface area contributed by atoms with E-state index in [2.05, 4.69) is 0 Å². The Kier molecular flexibility index (Phi) is 5.85. The van der Waals surface area contributed by atoms with Crippen LogP contribution in [0.15, 0.2) is 47.4 Å². The Balaban J connectivity index is 1.74.